The fourth-order valence-electron chi connectivity index (χ4n) is 2.25. The van der Waals surface area contributed by atoms with E-state index in [4.69, 9.17) is 4.74 Å². The zero-order chi connectivity index (χ0) is 16.9. The number of carbonyl (C=O) groups excluding carboxylic acids is 1. The smallest absolute Gasteiger partial charge is 0.323 e. The van der Waals surface area contributed by atoms with E-state index in [1.54, 1.807) is 30.6 Å². The van der Waals surface area contributed by atoms with Crippen LogP contribution in [0.25, 0.3) is 11.3 Å². The lowest BCUT2D eigenvalue weighted by Crippen LogP contribution is -2.19. The summed E-state index contributed by atoms with van der Waals surface area (Å²) in [5.41, 5.74) is 3.29. The van der Waals surface area contributed by atoms with Crippen molar-refractivity contribution >= 4 is 28.7 Å². The summed E-state index contributed by atoms with van der Waals surface area (Å²) in [6, 6.07) is 14.5. The summed E-state index contributed by atoms with van der Waals surface area (Å²) in [6.07, 6.45) is 0. The molecule has 1 aromatic heterocycles. The van der Waals surface area contributed by atoms with Gasteiger partial charge in [-0.25, -0.2) is 9.78 Å². The van der Waals surface area contributed by atoms with E-state index in [2.05, 4.69) is 15.6 Å². The number of rotatable bonds is 4. The molecule has 0 saturated heterocycles. The fourth-order valence-corrected chi connectivity index (χ4v) is 2.87. The van der Waals surface area contributed by atoms with Gasteiger partial charge in [-0.05, 0) is 31.2 Å². The van der Waals surface area contributed by atoms with Crippen LogP contribution in [0.3, 0.4) is 0 Å². The second kappa shape index (κ2) is 7.14. The number of aromatic nitrogens is 1. The summed E-state index contributed by atoms with van der Waals surface area (Å²) in [5, 5.41) is 8.63. The van der Waals surface area contributed by atoms with Gasteiger partial charge in [0.05, 0.1) is 23.5 Å². The largest absolute Gasteiger partial charge is 0.495 e. The molecule has 3 rings (SSSR count). The number of thiazole rings is 1. The average molecular weight is 339 g/mol. The summed E-state index contributed by atoms with van der Waals surface area (Å²) >= 11 is 1.62. The highest BCUT2D eigenvalue weighted by Gasteiger charge is 2.07. The van der Waals surface area contributed by atoms with E-state index in [0.29, 0.717) is 17.1 Å². The quantitative estimate of drug-likeness (QED) is 0.719. The van der Waals surface area contributed by atoms with Gasteiger partial charge in [0.15, 0.2) is 0 Å². The van der Waals surface area contributed by atoms with Crippen molar-refractivity contribution in [2.75, 3.05) is 17.7 Å². The van der Waals surface area contributed by atoms with Crippen LogP contribution in [-0.4, -0.2) is 18.1 Å². The molecule has 6 heteroatoms. The summed E-state index contributed by atoms with van der Waals surface area (Å²) < 4.78 is 5.21. The first-order valence-electron chi connectivity index (χ1n) is 7.39. The van der Waals surface area contributed by atoms with E-state index in [1.165, 1.54) is 0 Å². The number of nitrogens with zero attached hydrogens (tertiary/aromatic N) is 1. The second-order valence-corrected chi connectivity index (χ2v) is 6.17. The Labute approximate surface area is 144 Å². The van der Waals surface area contributed by atoms with Gasteiger partial charge < -0.3 is 15.4 Å². The molecule has 122 valence electrons. The fraction of sp³-hybridized carbons (Fsp3) is 0.111. The maximum Gasteiger partial charge on any atom is 0.323 e. The van der Waals surface area contributed by atoms with E-state index in [-0.39, 0.29) is 6.03 Å². The number of amides is 2. The first-order chi connectivity index (χ1) is 11.7. The molecule has 0 radical (unpaired) electrons. The van der Waals surface area contributed by atoms with Crippen LogP contribution in [0.2, 0.25) is 0 Å². The Morgan fingerprint density at radius 2 is 1.83 bits per heavy atom. The number of aryl methyl sites for hydroxylation is 1. The highest BCUT2D eigenvalue weighted by atomic mass is 32.1. The van der Waals surface area contributed by atoms with Crippen molar-refractivity contribution in [1.82, 2.24) is 4.98 Å². The molecule has 5 nitrogen and oxygen atoms in total. The zero-order valence-corrected chi connectivity index (χ0v) is 14.2. The molecule has 0 aliphatic heterocycles. The molecule has 24 heavy (non-hydrogen) atoms. The van der Waals surface area contributed by atoms with Crippen LogP contribution in [0.4, 0.5) is 16.2 Å². The number of carbonyl (C=O) groups is 1. The molecule has 0 aliphatic rings. The van der Waals surface area contributed by atoms with Crippen molar-refractivity contribution < 1.29 is 9.53 Å². The Hall–Kier alpha value is -2.86. The zero-order valence-electron chi connectivity index (χ0n) is 13.4. The molecule has 2 amide bonds. The Morgan fingerprint density at radius 3 is 2.50 bits per heavy atom. The van der Waals surface area contributed by atoms with E-state index in [1.807, 2.05) is 48.7 Å². The number of methoxy groups -OCH3 is 1. The molecular weight excluding hydrogens is 322 g/mol. The topological polar surface area (TPSA) is 63.2 Å². The Balaban J connectivity index is 1.66. The number of para-hydroxylation sites is 2. The Kier molecular flexibility index (Phi) is 4.77. The normalized spacial score (nSPS) is 10.2. The van der Waals surface area contributed by atoms with Crippen molar-refractivity contribution in [3.63, 3.8) is 0 Å². The SMILES string of the molecule is COc1ccccc1NC(=O)Nc1ccc(-c2csc(C)n2)cc1. The van der Waals surface area contributed by atoms with Gasteiger partial charge in [-0.15, -0.1) is 11.3 Å². The molecule has 0 fully saturated rings. The van der Waals surface area contributed by atoms with Gasteiger partial charge >= 0.3 is 6.03 Å². The number of hydrogen-bond acceptors (Lipinski definition) is 4. The van der Waals surface area contributed by atoms with Crippen molar-refractivity contribution in [2.45, 2.75) is 6.92 Å². The minimum absolute atomic E-state index is 0.322. The van der Waals surface area contributed by atoms with E-state index in [9.17, 15) is 4.79 Å². The molecule has 2 N–H and O–H groups in total. The maximum atomic E-state index is 12.1. The molecule has 0 bridgehead atoms. The number of nitrogens with one attached hydrogen (secondary N) is 2. The molecule has 0 aliphatic carbocycles. The van der Waals surface area contributed by atoms with Gasteiger partial charge in [0, 0.05) is 16.6 Å². The van der Waals surface area contributed by atoms with E-state index in [0.717, 1.165) is 16.3 Å². The number of hydrogen-bond donors (Lipinski definition) is 2. The molecule has 0 saturated carbocycles. The lowest BCUT2D eigenvalue weighted by atomic mass is 10.1. The second-order valence-electron chi connectivity index (χ2n) is 5.11. The third-order valence-corrected chi connectivity index (χ3v) is 4.19. The summed E-state index contributed by atoms with van der Waals surface area (Å²) in [7, 11) is 1.57. The van der Waals surface area contributed by atoms with E-state index >= 15 is 0 Å². The minimum Gasteiger partial charge on any atom is -0.495 e. The number of urea groups is 1. The standard InChI is InChI=1S/C18H17N3O2S/c1-12-19-16(11-24-12)13-7-9-14(10-8-13)20-18(22)21-15-5-3-4-6-17(15)23-2/h3-11H,1-2H3,(H2,20,21,22). The van der Waals surface area contributed by atoms with Crippen molar-refractivity contribution in [2.24, 2.45) is 0 Å². The third kappa shape index (κ3) is 3.72. The highest BCUT2D eigenvalue weighted by molar-refractivity contribution is 7.09. The first-order valence-corrected chi connectivity index (χ1v) is 8.27. The molecule has 1 heterocycles. The predicted octanol–water partition coefficient (Wildman–Crippen LogP) is 4.77. The van der Waals surface area contributed by atoms with Crippen LogP contribution in [0.5, 0.6) is 5.75 Å². The Bertz CT molecular complexity index is 843. The highest BCUT2D eigenvalue weighted by Crippen LogP contribution is 2.25. The van der Waals surface area contributed by atoms with Gasteiger partial charge in [-0.3, -0.25) is 0 Å². The van der Waals surface area contributed by atoms with E-state index < -0.39 is 0 Å². The summed E-state index contributed by atoms with van der Waals surface area (Å²) in [6.45, 7) is 1.98. The monoisotopic (exact) mass is 339 g/mol. The molecule has 2 aromatic carbocycles. The number of ether oxygens (including phenoxy) is 1. The van der Waals surface area contributed by atoms with Crippen LogP contribution in [0.1, 0.15) is 5.01 Å². The summed E-state index contributed by atoms with van der Waals surface area (Å²) in [5.74, 6) is 0.613. The number of anilines is 2. The van der Waals surface area contributed by atoms with Crippen molar-refractivity contribution in [3.05, 3.63) is 58.9 Å². The van der Waals surface area contributed by atoms with Crippen LogP contribution in [0, 0.1) is 6.92 Å². The lowest BCUT2D eigenvalue weighted by Gasteiger charge is -2.11. The lowest BCUT2D eigenvalue weighted by molar-refractivity contribution is 0.262. The van der Waals surface area contributed by atoms with Gasteiger partial charge in [-0.2, -0.15) is 0 Å². The van der Waals surface area contributed by atoms with Crippen LogP contribution < -0.4 is 15.4 Å². The molecule has 0 atom stereocenters. The van der Waals surface area contributed by atoms with Crippen LogP contribution in [-0.2, 0) is 0 Å². The molecule has 3 aromatic rings. The Morgan fingerprint density at radius 1 is 1.08 bits per heavy atom. The predicted molar refractivity (Wildman–Crippen MR) is 97.9 cm³/mol. The summed E-state index contributed by atoms with van der Waals surface area (Å²) in [4.78, 5) is 16.6. The molecule has 0 spiro atoms. The van der Waals surface area contributed by atoms with Gasteiger partial charge in [0.2, 0.25) is 0 Å². The van der Waals surface area contributed by atoms with Crippen LogP contribution >= 0.6 is 11.3 Å². The van der Waals surface area contributed by atoms with Gasteiger partial charge in [0.1, 0.15) is 5.75 Å². The first kappa shape index (κ1) is 16.0. The van der Waals surface area contributed by atoms with Gasteiger partial charge in [0.25, 0.3) is 0 Å². The molecule has 0 unspecified atom stereocenters. The van der Waals surface area contributed by atoms with Crippen molar-refractivity contribution in [1.29, 1.82) is 0 Å². The average Bonchev–Trinajstić information content (AvgIpc) is 3.02. The van der Waals surface area contributed by atoms with Crippen LogP contribution in [0.15, 0.2) is 53.9 Å². The van der Waals surface area contributed by atoms with Gasteiger partial charge in [-0.1, -0.05) is 24.3 Å². The molecular formula is C18H17N3O2S. The van der Waals surface area contributed by atoms with Crippen molar-refractivity contribution in [3.8, 4) is 17.0 Å². The maximum absolute atomic E-state index is 12.1. The number of benzene rings is 2. The third-order valence-electron chi connectivity index (χ3n) is 3.41. The minimum atomic E-state index is -0.322.